The fourth-order valence-corrected chi connectivity index (χ4v) is 3.06. The van der Waals surface area contributed by atoms with E-state index in [-0.39, 0.29) is 30.4 Å². The number of nitrogens with one attached hydrogen (secondary N) is 1. The molecule has 2 heterocycles. The summed E-state index contributed by atoms with van der Waals surface area (Å²) >= 11 is 0. The fraction of sp³-hybridized carbons (Fsp3) is 0.500. The minimum atomic E-state index is -0.0904. The second-order valence-electron chi connectivity index (χ2n) is 6.35. The van der Waals surface area contributed by atoms with E-state index in [0.717, 1.165) is 24.9 Å². The maximum atomic E-state index is 12.7. The van der Waals surface area contributed by atoms with E-state index in [1.165, 1.54) is 0 Å². The van der Waals surface area contributed by atoms with Crippen LogP contribution in [0.3, 0.4) is 0 Å². The molecule has 3 rings (SSSR count). The van der Waals surface area contributed by atoms with Crippen LogP contribution >= 0.6 is 12.4 Å². The van der Waals surface area contributed by atoms with Crippen LogP contribution in [0.15, 0.2) is 34.9 Å². The molecule has 1 N–H and O–H groups in total. The topological polar surface area (TPSA) is 71.3 Å². The third-order valence-electron chi connectivity index (χ3n) is 4.52. The first kappa shape index (κ1) is 19.4. The lowest BCUT2D eigenvalue weighted by atomic mass is 10.1. The largest absolute Gasteiger partial charge is 0.337 e. The molecule has 0 spiro atoms. The Balaban J connectivity index is 0.00000225. The van der Waals surface area contributed by atoms with E-state index < -0.39 is 0 Å². The summed E-state index contributed by atoms with van der Waals surface area (Å²) in [6.45, 7) is 2.82. The molecule has 1 aliphatic heterocycles. The van der Waals surface area contributed by atoms with Gasteiger partial charge in [0, 0.05) is 19.0 Å². The third kappa shape index (κ3) is 4.80. The second-order valence-corrected chi connectivity index (χ2v) is 6.35. The fourth-order valence-electron chi connectivity index (χ4n) is 3.06. The zero-order chi connectivity index (χ0) is 16.9. The Hall–Kier alpha value is -1.92. The average Bonchev–Trinajstić information content (AvgIpc) is 3.24. The number of hydrogen-bond donors (Lipinski definition) is 1. The predicted octanol–water partition coefficient (Wildman–Crippen LogP) is 2.55. The van der Waals surface area contributed by atoms with Gasteiger partial charge in [0.05, 0.1) is 6.42 Å². The van der Waals surface area contributed by atoms with Crippen molar-refractivity contribution in [3.63, 3.8) is 0 Å². The van der Waals surface area contributed by atoms with E-state index in [1.807, 2.05) is 42.3 Å². The standard InChI is InChI=1S/C18H24N4O2.ClH/c1-13(19-2)11-16-20-18(24-21-16)15-9-6-10-22(15)17(23)12-14-7-4-3-5-8-14;/h3-5,7-8,13,15,19H,6,9-12H2,1-2H3;1H. The number of benzene rings is 1. The summed E-state index contributed by atoms with van der Waals surface area (Å²) in [5, 5.41) is 7.22. The van der Waals surface area contributed by atoms with Crippen molar-refractivity contribution in [2.75, 3.05) is 13.6 Å². The van der Waals surface area contributed by atoms with E-state index >= 15 is 0 Å². The summed E-state index contributed by atoms with van der Waals surface area (Å²) < 4.78 is 5.44. The van der Waals surface area contributed by atoms with Gasteiger partial charge in [-0.1, -0.05) is 35.5 Å². The molecule has 136 valence electrons. The Morgan fingerprint density at radius 2 is 2.16 bits per heavy atom. The number of carbonyl (C=O) groups is 1. The molecule has 7 heteroatoms. The smallest absolute Gasteiger partial charge is 0.249 e. The normalized spacial score (nSPS) is 18.0. The van der Waals surface area contributed by atoms with Crippen molar-refractivity contribution in [2.45, 2.75) is 44.7 Å². The summed E-state index contributed by atoms with van der Waals surface area (Å²) in [4.78, 5) is 19.0. The highest BCUT2D eigenvalue weighted by Crippen LogP contribution is 2.31. The molecule has 6 nitrogen and oxygen atoms in total. The first-order chi connectivity index (χ1) is 11.7. The molecule has 2 unspecified atom stereocenters. The number of nitrogens with zero attached hydrogens (tertiary/aromatic N) is 3. The van der Waals surface area contributed by atoms with Gasteiger partial charge in [-0.25, -0.2) is 0 Å². The molecule has 2 atom stereocenters. The summed E-state index contributed by atoms with van der Waals surface area (Å²) in [6, 6.07) is 10.0. The SMILES string of the molecule is CNC(C)Cc1noc(C2CCCN2C(=O)Cc2ccccc2)n1.Cl. The van der Waals surface area contributed by atoms with Gasteiger partial charge in [-0.3, -0.25) is 4.79 Å². The number of likely N-dealkylation sites (N-methyl/N-ethyl adjacent to an activating group) is 1. The van der Waals surface area contributed by atoms with Crippen molar-refractivity contribution in [3.8, 4) is 0 Å². The molecule has 1 aromatic carbocycles. The van der Waals surface area contributed by atoms with Crippen LogP contribution in [-0.2, 0) is 17.6 Å². The lowest BCUT2D eigenvalue weighted by Crippen LogP contribution is -2.32. The summed E-state index contributed by atoms with van der Waals surface area (Å²) in [5.74, 6) is 1.37. The second kappa shape index (κ2) is 8.97. The molecule has 1 aromatic heterocycles. The Labute approximate surface area is 154 Å². The first-order valence-electron chi connectivity index (χ1n) is 8.50. The molecule has 0 bridgehead atoms. The van der Waals surface area contributed by atoms with E-state index in [4.69, 9.17) is 4.52 Å². The molecule has 0 saturated carbocycles. The molecule has 1 amide bonds. The van der Waals surface area contributed by atoms with Gasteiger partial charge in [0.1, 0.15) is 6.04 Å². The number of rotatable bonds is 6. The molecule has 0 aliphatic carbocycles. The number of amides is 1. The Kier molecular flexibility index (Phi) is 6.96. The lowest BCUT2D eigenvalue weighted by Gasteiger charge is -2.21. The monoisotopic (exact) mass is 364 g/mol. The summed E-state index contributed by atoms with van der Waals surface area (Å²) in [6.07, 6.45) is 2.97. The van der Waals surface area contributed by atoms with Crippen LogP contribution in [0.4, 0.5) is 0 Å². The predicted molar refractivity (Wildman–Crippen MR) is 97.6 cm³/mol. The zero-order valence-corrected chi connectivity index (χ0v) is 15.5. The highest BCUT2D eigenvalue weighted by atomic mass is 35.5. The Morgan fingerprint density at radius 1 is 1.40 bits per heavy atom. The number of carbonyl (C=O) groups excluding carboxylic acids is 1. The minimum Gasteiger partial charge on any atom is -0.337 e. The number of hydrogen-bond acceptors (Lipinski definition) is 5. The van der Waals surface area contributed by atoms with Crippen LogP contribution in [0, 0.1) is 0 Å². The van der Waals surface area contributed by atoms with Crippen molar-refractivity contribution < 1.29 is 9.32 Å². The minimum absolute atomic E-state index is 0. The third-order valence-corrected chi connectivity index (χ3v) is 4.52. The maximum absolute atomic E-state index is 12.7. The van der Waals surface area contributed by atoms with E-state index in [0.29, 0.717) is 24.6 Å². The highest BCUT2D eigenvalue weighted by Gasteiger charge is 2.33. The first-order valence-corrected chi connectivity index (χ1v) is 8.50. The van der Waals surface area contributed by atoms with Gasteiger partial charge < -0.3 is 14.7 Å². The quantitative estimate of drug-likeness (QED) is 0.852. The van der Waals surface area contributed by atoms with Crippen molar-refractivity contribution >= 4 is 18.3 Å². The van der Waals surface area contributed by atoms with Gasteiger partial charge in [0.15, 0.2) is 5.82 Å². The van der Waals surface area contributed by atoms with E-state index in [1.54, 1.807) is 0 Å². The van der Waals surface area contributed by atoms with Crippen LogP contribution < -0.4 is 5.32 Å². The van der Waals surface area contributed by atoms with Gasteiger partial charge in [-0.15, -0.1) is 12.4 Å². The molecular formula is C18H25ClN4O2. The summed E-state index contributed by atoms with van der Waals surface area (Å²) in [7, 11) is 1.91. The maximum Gasteiger partial charge on any atom is 0.249 e. The van der Waals surface area contributed by atoms with Gasteiger partial charge in [0.2, 0.25) is 11.8 Å². The summed E-state index contributed by atoms with van der Waals surface area (Å²) in [5.41, 5.74) is 1.03. The van der Waals surface area contributed by atoms with Crippen molar-refractivity contribution in [2.24, 2.45) is 0 Å². The molecule has 1 saturated heterocycles. The average molecular weight is 365 g/mol. The highest BCUT2D eigenvalue weighted by molar-refractivity contribution is 5.85. The van der Waals surface area contributed by atoms with Crippen molar-refractivity contribution in [3.05, 3.63) is 47.6 Å². The Morgan fingerprint density at radius 3 is 2.88 bits per heavy atom. The molecular weight excluding hydrogens is 340 g/mol. The Bertz CT molecular complexity index is 677. The number of likely N-dealkylation sites (tertiary alicyclic amines) is 1. The number of halogens is 1. The molecule has 1 aliphatic rings. The zero-order valence-electron chi connectivity index (χ0n) is 14.6. The van der Waals surface area contributed by atoms with Gasteiger partial charge in [-0.05, 0) is 32.4 Å². The van der Waals surface area contributed by atoms with Crippen molar-refractivity contribution in [1.29, 1.82) is 0 Å². The molecule has 25 heavy (non-hydrogen) atoms. The van der Waals surface area contributed by atoms with E-state index in [9.17, 15) is 4.79 Å². The van der Waals surface area contributed by atoms with Crippen LogP contribution in [0.1, 0.15) is 43.1 Å². The van der Waals surface area contributed by atoms with Crippen LogP contribution in [0.2, 0.25) is 0 Å². The van der Waals surface area contributed by atoms with Crippen LogP contribution in [0.25, 0.3) is 0 Å². The number of aromatic nitrogens is 2. The molecule has 0 radical (unpaired) electrons. The van der Waals surface area contributed by atoms with Gasteiger partial charge >= 0.3 is 0 Å². The van der Waals surface area contributed by atoms with E-state index in [2.05, 4.69) is 22.4 Å². The van der Waals surface area contributed by atoms with Gasteiger partial charge in [0.25, 0.3) is 0 Å². The lowest BCUT2D eigenvalue weighted by molar-refractivity contribution is -0.131. The molecule has 2 aromatic rings. The van der Waals surface area contributed by atoms with Crippen LogP contribution in [-0.4, -0.2) is 40.6 Å². The van der Waals surface area contributed by atoms with Gasteiger partial charge in [-0.2, -0.15) is 4.98 Å². The molecule has 1 fully saturated rings. The van der Waals surface area contributed by atoms with Crippen LogP contribution in [0.5, 0.6) is 0 Å². The van der Waals surface area contributed by atoms with Crippen molar-refractivity contribution in [1.82, 2.24) is 20.4 Å².